The number of hydrogen-bond donors (Lipinski definition) is 0. The number of pyridine rings is 1. The number of aromatic nitrogens is 1. The van der Waals surface area contributed by atoms with Crippen molar-refractivity contribution in [3.05, 3.63) is 60.2 Å². The number of nitrogens with zero attached hydrogens (tertiary/aromatic N) is 2. The van der Waals surface area contributed by atoms with Crippen molar-refractivity contribution in [3.8, 4) is 5.75 Å². The van der Waals surface area contributed by atoms with Gasteiger partial charge in [-0.05, 0) is 36.6 Å². The number of hydrogen-bond acceptors (Lipinski definition) is 4. The minimum atomic E-state index is -0.383. The molecule has 1 aliphatic rings. The molecule has 1 aliphatic heterocycles. The number of carbonyl (C=O) groups excluding carboxylic acids is 1. The minimum Gasteiger partial charge on any atom is -0.484 e. The van der Waals surface area contributed by atoms with Gasteiger partial charge in [0.25, 0.3) is 5.91 Å². The van der Waals surface area contributed by atoms with Crippen LogP contribution in [0.4, 0.5) is 4.39 Å². The number of ether oxygens (including phenoxy) is 2. The van der Waals surface area contributed by atoms with E-state index >= 15 is 0 Å². The second kappa shape index (κ2) is 8.58. The van der Waals surface area contributed by atoms with E-state index in [0.29, 0.717) is 25.4 Å². The number of piperidine rings is 1. The van der Waals surface area contributed by atoms with Crippen molar-refractivity contribution in [2.45, 2.75) is 25.6 Å². The lowest BCUT2D eigenvalue weighted by molar-refractivity contribution is -0.137. The maximum Gasteiger partial charge on any atom is 0.260 e. The highest BCUT2D eigenvalue weighted by atomic mass is 19.1. The maximum absolute atomic E-state index is 13.1. The smallest absolute Gasteiger partial charge is 0.260 e. The third kappa shape index (κ3) is 5.26. The molecule has 0 bridgehead atoms. The molecule has 25 heavy (non-hydrogen) atoms. The van der Waals surface area contributed by atoms with Crippen LogP contribution in [0.15, 0.2) is 48.8 Å². The van der Waals surface area contributed by atoms with Crippen LogP contribution in [0.25, 0.3) is 0 Å². The van der Waals surface area contributed by atoms with E-state index in [1.165, 1.54) is 12.1 Å². The molecule has 132 valence electrons. The summed E-state index contributed by atoms with van der Waals surface area (Å²) in [6.07, 6.45) is 5.33. The van der Waals surface area contributed by atoms with E-state index in [9.17, 15) is 9.18 Å². The maximum atomic E-state index is 13.1. The number of rotatable bonds is 6. The van der Waals surface area contributed by atoms with E-state index in [1.807, 2.05) is 12.1 Å². The van der Waals surface area contributed by atoms with Gasteiger partial charge in [-0.3, -0.25) is 9.78 Å². The number of halogens is 1. The first-order chi connectivity index (χ1) is 12.2. The highest BCUT2D eigenvalue weighted by Crippen LogP contribution is 2.16. The zero-order valence-corrected chi connectivity index (χ0v) is 13.9. The Morgan fingerprint density at radius 2 is 2.24 bits per heavy atom. The van der Waals surface area contributed by atoms with E-state index in [2.05, 4.69) is 4.98 Å². The predicted octanol–water partition coefficient (Wildman–Crippen LogP) is 2.81. The molecule has 2 heterocycles. The van der Waals surface area contributed by atoms with Gasteiger partial charge in [0.2, 0.25) is 0 Å². The molecule has 2 aromatic rings. The van der Waals surface area contributed by atoms with E-state index in [1.54, 1.807) is 29.4 Å². The first-order valence-corrected chi connectivity index (χ1v) is 8.37. The monoisotopic (exact) mass is 344 g/mol. The van der Waals surface area contributed by atoms with Gasteiger partial charge in [0.05, 0.1) is 12.7 Å². The average molecular weight is 344 g/mol. The van der Waals surface area contributed by atoms with Gasteiger partial charge in [-0.2, -0.15) is 0 Å². The first kappa shape index (κ1) is 17.4. The Kier molecular flexibility index (Phi) is 5.95. The molecule has 1 saturated heterocycles. The van der Waals surface area contributed by atoms with Crippen molar-refractivity contribution in [2.75, 3.05) is 19.7 Å². The normalized spacial score (nSPS) is 17.3. The zero-order chi connectivity index (χ0) is 17.5. The van der Waals surface area contributed by atoms with Crippen molar-refractivity contribution in [2.24, 2.45) is 0 Å². The molecule has 0 N–H and O–H groups in total. The molecule has 1 aromatic heterocycles. The SMILES string of the molecule is O=C(COc1cccc(F)c1)N1CCCC(OCc2cccnc2)C1. The van der Waals surface area contributed by atoms with E-state index in [0.717, 1.165) is 18.4 Å². The topological polar surface area (TPSA) is 51.7 Å². The third-order valence-electron chi connectivity index (χ3n) is 4.10. The lowest BCUT2D eigenvalue weighted by Crippen LogP contribution is -2.45. The van der Waals surface area contributed by atoms with Crippen LogP contribution >= 0.6 is 0 Å². The fourth-order valence-electron chi connectivity index (χ4n) is 2.79. The van der Waals surface area contributed by atoms with Crippen LogP contribution in [0.2, 0.25) is 0 Å². The summed E-state index contributed by atoms with van der Waals surface area (Å²) in [7, 11) is 0. The van der Waals surface area contributed by atoms with Crippen molar-refractivity contribution < 1.29 is 18.7 Å². The number of carbonyl (C=O) groups is 1. The molecular weight excluding hydrogens is 323 g/mol. The average Bonchev–Trinajstić information content (AvgIpc) is 2.65. The molecule has 1 fully saturated rings. The van der Waals surface area contributed by atoms with Gasteiger partial charge in [-0.1, -0.05) is 12.1 Å². The number of amides is 1. The summed E-state index contributed by atoms with van der Waals surface area (Å²) in [4.78, 5) is 18.1. The van der Waals surface area contributed by atoms with Gasteiger partial charge in [0, 0.05) is 31.5 Å². The second-order valence-electron chi connectivity index (χ2n) is 6.02. The molecule has 6 heteroatoms. The largest absolute Gasteiger partial charge is 0.484 e. The van der Waals surface area contributed by atoms with Crippen LogP contribution in [0.5, 0.6) is 5.75 Å². The molecule has 3 rings (SSSR count). The van der Waals surface area contributed by atoms with Crippen molar-refractivity contribution in [3.63, 3.8) is 0 Å². The molecule has 0 radical (unpaired) electrons. The fraction of sp³-hybridized carbons (Fsp3) is 0.368. The van der Waals surface area contributed by atoms with Gasteiger partial charge < -0.3 is 14.4 Å². The van der Waals surface area contributed by atoms with Gasteiger partial charge in [0.1, 0.15) is 11.6 Å². The Hall–Kier alpha value is -2.47. The summed E-state index contributed by atoms with van der Waals surface area (Å²) in [5, 5.41) is 0. The minimum absolute atomic E-state index is 0.00655. The number of likely N-dealkylation sites (tertiary alicyclic amines) is 1. The summed E-state index contributed by atoms with van der Waals surface area (Å²) in [6, 6.07) is 9.63. The summed E-state index contributed by atoms with van der Waals surface area (Å²) in [5.74, 6) is -0.138. The van der Waals surface area contributed by atoms with Gasteiger partial charge in [-0.15, -0.1) is 0 Å². The summed E-state index contributed by atoms with van der Waals surface area (Å²) < 4.78 is 24.4. The standard InChI is InChI=1S/C19H21FN2O3/c20-16-5-1-6-17(10-16)25-14-19(23)22-9-3-7-18(12-22)24-13-15-4-2-8-21-11-15/h1-2,4-6,8,10-11,18H,3,7,9,12-14H2. The van der Waals surface area contributed by atoms with Crippen molar-refractivity contribution in [1.29, 1.82) is 0 Å². The second-order valence-corrected chi connectivity index (χ2v) is 6.02. The van der Waals surface area contributed by atoms with E-state index in [-0.39, 0.29) is 24.4 Å². The Morgan fingerprint density at radius 1 is 1.32 bits per heavy atom. The van der Waals surface area contributed by atoms with Gasteiger partial charge in [0.15, 0.2) is 6.61 Å². The quantitative estimate of drug-likeness (QED) is 0.809. The Morgan fingerprint density at radius 3 is 3.04 bits per heavy atom. The zero-order valence-electron chi connectivity index (χ0n) is 13.9. The van der Waals surface area contributed by atoms with Crippen LogP contribution in [-0.4, -0.2) is 41.6 Å². The van der Waals surface area contributed by atoms with Crippen LogP contribution in [0, 0.1) is 5.82 Å². The Bertz CT molecular complexity index is 696. The molecule has 5 nitrogen and oxygen atoms in total. The van der Waals surface area contributed by atoms with E-state index < -0.39 is 0 Å². The molecule has 1 atom stereocenters. The highest BCUT2D eigenvalue weighted by molar-refractivity contribution is 5.77. The summed E-state index contributed by atoms with van der Waals surface area (Å²) >= 11 is 0. The first-order valence-electron chi connectivity index (χ1n) is 8.37. The summed E-state index contributed by atoms with van der Waals surface area (Å²) in [5.41, 5.74) is 1.01. The van der Waals surface area contributed by atoms with Crippen LogP contribution in [0.3, 0.4) is 0 Å². The molecule has 1 amide bonds. The summed E-state index contributed by atoms with van der Waals surface area (Å²) in [6.45, 7) is 1.63. The highest BCUT2D eigenvalue weighted by Gasteiger charge is 2.24. The Balaban J connectivity index is 1.46. The van der Waals surface area contributed by atoms with Gasteiger partial charge in [-0.25, -0.2) is 4.39 Å². The molecule has 1 aromatic carbocycles. The Labute approximate surface area is 146 Å². The van der Waals surface area contributed by atoms with Crippen molar-refractivity contribution in [1.82, 2.24) is 9.88 Å². The molecule has 0 spiro atoms. The lowest BCUT2D eigenvalue weighted by atomic mass is 10.1. The number of benzene rings is 1. The molecular formula is C19H21FN2O3. The van der Waals surface area contributed by atoms with Crippen LogP contribution < -0.4 is 4.74 Å². The lowest BCUT2D eigenvalue weighted by Gasteiger charge is -2.32. The molecule has 0 aliphatic carbocycles. The molecule has 1 unspecified atom stereocenters. The third-order valence-corrected chi connectivity index (χ3v) is 4.10. The van der Waals surface area contributed by atoms with E-state index in [4.69, 9.17) is 9.47 Å². The van der Waals surface area contributed by atoms with Gasteiger partial charge >= 0.3 is 0 Å². The van der Waals surface area contributed by atoms with Crippen molar-refractivity contribution >= 4 is 5.91 Å². The predicted molar refractivity (Wildman–Crippen MR) is 90.5 cm³/mol. The van der Waals surface area contributed by atoms with Crippen LogP contribution in [0.1, 0.15) is 18.4 Å². The fourth-order valence-corrected chi connectivity index (χ4v) is 2.79. The molecule has 0 saturated carbocycles. The van der Waals surface area contributed by atoms with Crippen LogP contribution in [-0.2, 0) is 16.1 Å².